The van der Waals surface area contributed by atoms with Gasteiger partial charge in [0.15, 0.2) is 0 Å². The molecule has 1 saturated carbocycles. The summed E-state index contributed by atoms with van der Waals surface area (Å²) in [4.78, 5) is 15.1. The molecule has 0 amide bonds. The molecule has 1 fully saturated rings. The average Bonchev–Trinajstić information content (AvgIpc) is 2.67. The van der Waals surface area contributed by atoms with Crippen molar-refractivity contribution in [1.29, 1.82) is 0 Å². The van der Waals surface area contributed by atoms with Crippen molar-refractivity contribution in [3.05, 3.63) is 53.7 Å². The third-order valence-electron chi connectivity index (χ3n) is 4.88. The minimum Gasteiger partial charge on any atom is -0.481 e. The highest BCUT2D eigenvalue weighted by atomic mass is 19.4. The number of alkyl halides is 3. The summed E-state index contributed by atoms with van der Waals surface area (Å²) in [7, 11) is 0. The van der Waals surface area contributed by atoms with Crippen molar-refractivity contribution in [3.8, 4) is 11.6 Å². The van der Waals surface area contributed by atoms with Gasteiger partial charge in [-0.3, -0.25) is 4.79 Å². The van der Waals surface area contributed by atoms with Crippen molar-refractivity contribution in [3.63, 3.8) is 0 Å². The van der Waals surface area contributed by atoms with E-state index in [2.05, 4.69) is 10.3 Å². The van der Waals surface area contributed by atoms with Gasteiger partial charge in [-0.15, -0.1) is 0 Å². The van der Waals surface area contributed by atoms with Crippen LogP contribution in [0.4, 0.5) is 13.2 Å². The van der Waals surface area contributed by atoms with Gasteiger partial charge in [-0.1, -0.05) is 18.2 Å². The molecule has 0 spiro atoms. The van der Waals surface area contributed by atoms with Gasteiger partial charge in [0.2, 0.25) is 5.88 Å². The number of aromatic nitrogens is 1. The van der Waals surface area contributed by atoms with Crippen LogP contribution < -0.4 is 10.1 Å². The van der Waals surface area contributed by atoms with Gasteiger partial charge in [0, 0.05) is 24.8 Å². The molecular formula is C20H21F3N2O3. The van der Waals surface area contributed by atoms with Crippen LogP contribution in [0.1, 0.15) is 36.8 Å². The molecule has 1 aromatic heterocycles. The topological polar surface area (TPSA) is 71.5 Å². The molecule has 0 bridgehead atoms. The zero-order chi connectivity index (χ0) is 20.1. The summed E-state index contributed by atoms with van der Waals surface area (Å²) in [6.07, 6.45) is -0.00553. The maximum absolute atomic E-state index is 13.0. The van der Waals surface area contributed by atoms with E-state index in [4.69, 9.17) is 9.84 Å². The molecule has 0 unspecified atom stereocenters. The van der Waals surface area contributed by atoms with Crippen molar-refractivity contribution in [1.82, 2.24) is 10.3 Å². The van der Waals surface area contributed by atoms with E-state index in [-0.39, 0.29) is 23.6 Å². The highest BCUT2D eigenvalue weighted by molar-refractivity contribution is 5.70. The van der Waals surface area contributed by atoms with Crippen LogP contribution in [0.5, 0.6) is 11.6 Å². The zero-order valence-corrected chi connectivity index (χ0v) is 15.1. The van der Waals surface area contributed by atoms with Crippen LogP contribution in [-0.2, 0) is 17.5 Å². The number of carboxylic acid groups (broad SMARTS) is 1. The minimum atomic E-state index is -4.50. The summed E-state index contributed by atoms with van der Waals surface area (Å²) in [5.74, 6) is -1.19. The SMILES string of the molecule is O=C(O)C1CCC(NCc2ccc(Oc3ccccc3C(F)(F)F)nc2)CC1. The monoisotopic (exact) mass is 394 g/mol. The number of nitrogens with zero attached hydrogens (tertiary/aromatic N) is 1. The Labute approximate surface area is 160 Å². The van der Waals surface area contributed by atoms with Gasteiger partial charge in [0.05, 0.1) is 11.5 Å². The molecule has 2 aromatic rings. The van der Waals surface area contributed by atoms with Crippen molar-refractivity contribution in [2.45, 2.75) is 44.4 Å². The summed E-state index contributed by atoms with van der Waals surface area (Å²) in [5.41, 5.74) is 0.0244. The Morgan fingerprint density at radius 2 is 1.86 bits per heavy atom. The Balaban J connectivity index is 1.54. The van der Waals surface area contributed by atoms with Gasteiger partial charge in [-0.05, 0) is 43.4 Å². The van der Waals surface area contributed by atoms with E-state index in [0.29, 0.717) is 19.4 Å². The predicted molar refractivity (Wildman–Crippen MR) is 96.0 cm³/mol. The number of benzene rings is 1. The summed E-state index contributed by atoms with van der Waals surface area (Å²) in [6.45, 7) is 0.550. The fraction of sp³-hybridized carbons (Fsp3) is 0.400. The van der Waals surface area contributed by atoms with E-state index >= 15 is 0 Å². The van der Waals surface area contributed by atoms with E-state index in [1.54, 1.807) is 12.3 Å². The largest absolute Gasteiger partial charge is 0.481 e. The molecular weight excluding hydrogens is 373 g/mol. The van der Waals surface area contributed by atoms with Crippen LogP contribution in [0.3, 0.4) is 0 Å². The minimum absolute atomic E-state index is 0.0856. The molecule has 0 atom stereocenters. The lowest BCUT2D eigenvalue weighted by Crippen LogP contribution is -2.34. The second-order valence-electron chi connectivity index (χ2n) is 6.87. The van der Waals surface area contributed by atoms with Crippen LogP contribution in [0.25, 0.3) is 0 Å². The Morgan fingerprint density at radius 3 is 2.46 bits per heavy atom. The van der Waals surface area contributed by atoms with Gasteiger partial charge in [0.25, 0.3) is 0 Å². The van der Waals surface area contributed by atoms with E-state index in [1.165, 1.54) is 24.3 Å². The molecule has 1 aliphatic rings. The lowest BCUT2D eigenvalue weighted by molar-refractivity contribution is -0.143. The third-order valence-corrected chi connectivity index (χ3v) is 4.88. The molecule has 0 aliphatic heterocycles. The molecule has 1 aromatic carbocycles. The molecule has 2 N–H and O–H groups in total. The van der Waals surface area contributed by atoms with Crippen molar-refractivity contribution in [2.24, 2.45) is 5.92 Å². The Morgan fingerprint density at radius 1 is 1.14 bits per heavy atom. The smallest absolute Gasteiger partial charge is 0.419 e. The van der Waals surface area contributed by atoms with Crippen LogP contribution in [-0.4, -0.2) is 22.1 Å². The van der Waals surface area contributed by atoms with Gasteiger partial charge in [-0.2, -0.15) is 13.2 Å². The highest BCUT2D eigenvalue weighted by Crippen LogP contribution is 2.37. The van der Waals surface area contributed by atoms with Crippen molar-refractivity contribution >= 4 is 5.97 Å². The van der Waals surface area contributed by atoms with Gasteiger partial charge in [-0.25, -0.2) is 4.98 Å². The number of ether oxygens (including phenoxy) is 1. The molecule has 28 heavy (non-hydrogen) atoms. The molecule has 0 radical (unpaired) electrons. The lowest BCUT2D eigenvalue weighted by Gasteiger charge is -2.26. The van der Waals surface area contributed by atoms with Crippen LogP contribution >= 0.6 is 0 Å². The number of aliphatic carboxylic acids is 1. The Bertz CT molecular complexity index is 801. The fourth-order valence-corrected chi connectivity index (χ4v) is 3.29. The van der Waals surface area contributed by atoms with Gasteiger partial charge < -0.3 is 15.2 Å². The zero-order valence-electron chi connectivity index (χ0n) is 15.1. The first-order chi connectivity index (χ1) is 13.3. The second-order valence-corrected chi connectivity index (χ2v) is 6.87. The quantitative estimate of drug-likeness (QED) is 0.748. The normalized spacial score (nSPS) is 20.0. The summed E-state index contributed by atoms with van der Waals surface area (Å²) in [5, 5.41) is 12.4. The predicted octanol–water partition coefficient (Wildman–Crippen LogP) is 4.63. The fourth-order valence-electron chi connectivity index (χ4n) is 3.29. The number of carbonyl (C=O) groups is 1. The number of rotatable bonds is 6. The number of para-hydroxylation sites is 1. The van der Waals surface area contributed by atoms with Crippen molar-refractivity contribution < 1.29 is 27.8 Å². The highest BCUT2D eigenvalue weighted by Gasteiger charge is 2.34. The van der Waals surface area contributed by atoms with Crippen LogP contribution in [0.2, 0.25) is 0 Å². The Kier molecular flexibility index (Phi) is 6.18. The lowest BCUT2D eigenvalue weighted by atomic mass is 9.86. The molecule has 150 valence electrons. The van der Waals surface area contributed by atoms with E-state index in [0.717, 1.165) is 24.5 Å². The first-order valence-electron chi connectivity index (χ1n) is 9.08. The van der Waals surface area contributed by atoms with Crippen LogP contribution in [0, 0.1) is 5.92 Å². The first-order valence-corrected chi connectivity index (χ1v) is 9.08. The number of carboxylic acids is 1. The van der Waals surface area contributed by atoms with E-state index in [1.807, 2.05) is 0 Å². The van der Waals surface area contributed by atoms with E-state index < -0.39 is 17.7 Å². The molecule has 3 rings (SSSR count). The first kappa shape index (κ1) is 20.1. The van der Waals surface area contributed by atoms with E-state index in [9.17, 15) is 18.0 Å². The molecule has 1 heterocycles. The number of nitrogens with one attached hydrogen (secondary N) is 1. The molecule has 0 saturated heterocycles. The third kappa shape index (κ3) is 5.22. The van der Waals surface area contributed by atoms with Crippen molar-refractivity contribution in [2.75, 3.05) is 0 Å². The number of halogens is 3. The average molecular weight is 394 g/mol. The molecule has 8 heteroatoms. The maximum atomic E-state index is 13.0. The molecule has 1 aliphatic carbocycles. The maximum Gasteiger partial charge on any atom is 0.419 e. The number of hydrogen-bond donors (Lipinski definition) is 2. The summed E-state index contributed by atoms with van der Waals surface area (Å²) >= 11 is 0. The summed E-state index contributed by atoms with van der Waals surface area (Å²) < 4.78 is 44.4. The molecule has 5 nitrogen and oxygen atoms in total. The van der Waals surface area contributed by atoms with Gasteiger partial charge >= 0.3 is 12.1 Å². The number of pyridine rings is 1. The standard InChI is InChI=1S/C20H21F3N2O3/c21-20(22,23)16-3-1-2-4-17(16)28-18-10-5-13(12-25-18)11-24-15-8-6-14(7-9-15)19(26)27/h1-5,10,12,14-15,24H,6-9,11H2,(H,26,27). The summed E-state index contributed by atoms with van der Waals surface area (Å²) in [6, 6.07) is 8.54. The Hall–Kier alpha value is -2.61. The second kappa shape index (κ2) is 8.60. The number of hydrogen-bond acceptors (Lipinski definition) is 4. The van der Waals surface area contributed by atoms with Crippen LogP contribution in [0.15, 0.2) is 42.6 Å². The van der Waals surface area contributed by atoms with Gasteiger partial charge in [0.1, 0.15) is 5.75 Å².